The van der Waals surface area contributed by atoms with E-state index in [4.69, 9.17) is 5.73 Å². The van der Waals surface area contributed by atoms with E-state index >= 15 is 0 Å². The predicted octanol–water partition coefficient (Wildman–Crippen LogP) is 3.03. The summed E-state index contributed by atoms with van der Waals surface area (Å²) in [5.41, 5.74) is 6.02. The minimum Gasteiger partial charge on any atom is -0.384 e. The first-order chi connectivity index (χ1) is 9.08. The van der Waals surface area contributed by atoms with Crippen molar-refractivity contribution < 1.29 is 4.79 Å². The summed E-state index contributed by atoms with van der Waals surface area (Å²) in [5, 5.41) is 3.14. The molecular weight excluding hydrogens is 274 g/mol. The van der Waals surface area contributed by atoms with Crippen LogP contribution in [0.4, 0.5) is 5.82 Å². The Labute approximate surface area is 126 Å². The second-order valence-electron chi connectivity index (χ2n) is 5.72. The van der Waals surface area contributed by atoms with Gasteiger partial charge in [-0.15, -0.1) is 12.4 Å². The van der Waals surface area contributed by atoms with E-state index in [0.29, 0.717) is 23.3 Å². The maximum absolute atomic E-state index is 12.2. The van der Waals surface area contributed by atoms with Crippen LogP contribution >= 0.6 is 12.4 Å². The van der Waals surface area contributed by atoms with Crippen molar-refractivity contribution in [1.29, 1.82) is 0 Å². The summed E-state index contributed by atoms with van der Waals surface area (Å²) < 4.78 is 0. The van der Waals surface area contributed by atoms with Crippen molar-refractivity contribution in [2.45, 2.75) is 45.6 Å². The number of halogens is 1. The highest BCUT2D eigenvalue weighted by Gasteiger charge is 2.29. The van der Waals surface area contributed by atoms with Gasteiger partial charge >= 0.3 is 0 Å². The third-order valence-corrected chi connectivity index (χ3v) is 4.00. The number of carbonyl (C=O) groups is 1. The number of anilines is 1. The van der Waals surface area contributed by atoms with Gasteiger partial charge in [0.25, 0.3) is 5.91 Å². The number of rotatable bonds is 3. The molecule has 0 radical (unpaired) electrons. The Morgan fingerprint density at radius 1 is 1.35 bits per heavy atom. The van der Waals surface area contributed by atoms with E-state index in [1.165, 1.54) is 19.3 Å². The number of nitrogens with two attached hydrogens (primary N) is 1. The second kappa shape index (κ2) is 7.48. The molecule has 20 heavy (non-hydrogen) atoms. The highest BCUT2D eigenvalue weighted by atomic mass is 35.5. The Kier molecular flexibility index (Phi) is 6.27. The molecule has 3 N–H and O–H groups in total. The topological polar surface area (TPSA) is 68.0 Å². The molecule has 1 aliphatic rings. The molecule has 1 heterocycles. The Morgan fingerprint density at radius 2 is 2.05 bits per heavy atom. The van der Waals surface area contributed by atoms with Gasteiger partial charge in [0.2, 0.25) is 0 Å². The zero-order chi connectivity index (χ0) is 13.8. The first-order valence-electron chi connectivity index (χ1n) is 7.11. The number of carbonyl (C=O) groups excluding carboxylic acids is 1. The molecule has 2 unspecified atom stereocenters. The third-order valence-electron chi connectivity index (χ3n) is 4.00. The van der Waals surface area contributed by atoms with Gasteiger partial charge in [-0.2, -0.15) is 0 Å². The molecule has 0 saturated heterocycles. The summed E-state index contributed by atoms with van der Waals surface area (Å²) >= 11 is 0. The molecule has 1 aliphatic carbocycles. The van der Waals surface area contributed by atoms with Crippen LogP contribution in [0.5, 0.6) is 0 Å². The maximum atomic E-state index is 12.2. The molecule has 0 aliphatic heterocycles. The lowest BCUT2D eigenvalue weighted by Gasteiger charge is -2.34. The average Bonchev–Trinajstić information content (AvgIpc) is 2.39. The quantitative estimate of drug-likeness (QED) is 0.901. The molecule has 0 bridgehead atoms. The van der Waals surface area contributed by atoms with Gasteiger partial charge in [0.15, 0.2) is 0 Å². The van der Waals surface area contributed by atoms with Gasteiger partial charge in [-0.25, -0.2) is 4.98 Å². The molecule has 0 aromatic carbocycles. The zero-order valence-corrected chi connectivity index (χ0v) is 13.0. The third kappa shape index (κ3) is 4.10. The second-order valence-corrected chi connectivity index (χ2v) is 5.72. The normalized spacial score (nSPS) is 22.1. The van der Waals surface area contributed by atoms with E-state index < -0.39 is 0 Å². The molecule has 4 nitrogen and oxygen atoms in total. The largest absolute Gasteiger partial charge is 0.384 e. The Morgan fingerprint density at radius 3 is 2.70 bits per heavy atom. The monoisotopic (exact) mass is 297 g/mol. The molecule has 1 aromatic heterocycles. The molecule has 1 fully saturated rings. The van der Waals surface area contributed by atoms with E-state index in [1.807, 2.05) is 0 Å². The predicted molar refractivity (Wildman–Crippen MR) is 83.9 cm³/mol. The maximum Gasteiger partial charge on any atom is 0.270 e. The molecule has 1 aromatic rings. The lowest BCUT2D eigenvalue weighted by Crippen LogP contribution is -2.44. The summed E-state index contributed by atoms with van der Waals surface area (Å²) in [6.07, 6.45) is 4.73. The van der Waals surface area contributed by atoms with E-state index in [9.17, 15) is 4.79 Å². The van der Waals surface area contributed by atoms with E-state index in [2.05, 4.69) is 24.1 Å². The van der Waals surface area contributed by atoms with Crippen LogP contribution in [-0.4, -0.2) is 16.9 Å². The summed E-state index contributed by atoms with van der Waals surface area (Å²) in [7, 11) is 0. The molecule has 5 heteroatoms. The van der Waals surface area contributed by atoms with Crippen molar-refractivity contribution in [3.05, 3.63) is 23.9 Å². The highest BCUT2D eigenvalue weighted by Crippen LogP contribution is 2.30. The standard InChI is InChI=1S/C15H23N3O.ClH/c1-10(2)11-6-3-4-7-12(11)18-15(19)13-8-5-9-14(16)17-13;/h5,8-12H,3-4,6-7H2,1-2H3,(H2,16,17)(H,18,19);1H. The molecule has 2 atom stereocenters. The Bertz CT molecular complexity index is 450. The van der Waals surface area contributed by atoms with Gasteiger partial charge in [-0.3, -0.25) is 4.79 Å². The van der Waals surface area contributed by atoms with E-state index in [0.717, 1.165) is 6.42 Å². The molecule has 0 spiro atoms. The van der Waals surface area contributed by atoms with Crippen molar-refractivity contribution in [1.82, 2.24) is 10.3 Å². The number of hydrogen-bond acceptors (Lipinski definition) is 3. The van der Waals surface area contributed by atoms with Crippen LogP contribution in [0.3, 0.4) is 0 Å². The van der Waals surface area contributed by atoms with Crippen LogP contribution in [0.15, 0.2) is 18.2 Å². The fourth-order valence-corrected chi connectivity index (χ4v) is 2.96. The van der Waals surface area contributed by atoms with Crippen LogP contribution in [0.1, 0.15) is 50.0 Å². The SMILES string of the molecule is CC(C)C1CCCCC1NC(=O)c1cccc(N)n1.Cl. The van der Waals surface area contributed by atoms with Gasteiger partial charge in [0.05, 0.1) is 0 Å². The van der Waals surface area contributed by atoms with Crippen molar-refractivity contribution >= 4 is 24.1 Å². The first-order valence-corrected chi connectivity index (χ1v) is 7.11. The summed E-state index contributed by atoms with van der Waals surface area (Å²) in [5.74, 6) is 1.44. The number of amides is 1. The smallest absolute Gasteiger partial charge is 0.270 e. The number of aromatic nitrogens is 1. The lowest BCUT2D eigenvalue weighted by molar-refractivity contribution is 0.0884. The highest BCUT2D eigenvalue weighted by molar-refractivity contribution is 5.92. The Balaban J connectivity index is 0.00000200. The van der Waals surface area contributed by atoms with Gasteiger partial charge < -0.3 is 11.1 Å². The minimum atomic E-state index is -0.107. The molecule has 1 amide bonds. The fourth-order valence-electron chi connectivity index (χ4n) is 2.96. The van der Waals surface area contributed by atoms with Crippen LogP contribution < -0.4 is 11.1 Å². The van der Waals surface area contributed by atoms with Crippen molar-refractivity contribution in [3.63, 3.8) is 0 Å². The summed E-state index contributed by atoms with van der Waals surface area (Å²) in [6, 6.07) is 5.43. The molecule has 1 saturated carbocycles. The van der Waals surface area contributed by atoms with Crippen molar-refractivity contribution in [2.75, 3.05) is 5.73 Å². The van der Waals surface area contributed by atoms with Crippen LogP contribution in [0.2, 0.25) is 0 Å². The van der Waals surface area contributed by atoms with E-state index in [1.54, 1.807) is 18.2 Å². The van der Waals surface area contributed by atoms with E-state index in [-0.39, 0.29) is 24.4 Å². The number of nitrogen functional groups attached to an aromatic ring is 1. The van der Waals surface area contributed by atoms with Gasteiger partial charge in [-0.05, 0) is 36.8 Å². The summed E-state index contributed by atoms with van der Waals surface area (Å²) in [6.45, 7) is 4.46. The van der Waals surface area contributed by atoms with Gasteiger partial charge in [0.1, 0.15) is 11.5 Å². The van der Waals surface area contributed by atoms with Crippen LogP contribution in [0, 0.1) is 11.8 Å². The lowest BCUT2D eigenvalue weighted by atomic mass is 9.78. The number of hydrogen-bond donors (Lipinski definition) is 2. The Hall–Kier alpha value is -1.29. The van der Waals surface area contributed by atoms with Gasteiger partial charge in [0, 0.05) is 6.04 Å². The average molecular weight is 298 g/mol. The zero-order valence-electron chi connectivity index (χ0n) is 12.1. The minimum absolute atomic E-state index is 0. The number of nitrogens with zero attached hydrogens (tertiary/aromatic N) is 1. The van der Waals surface area contributed by atoms with Crippen molar-refractivity contribution in [3.8, 4) is 0 Å². The number of pyridine rings is 1. The molecule has 112 valence electrons. The summed E-state index contributed by atoms with van der Waals surface area (Å²) in [4.78, 5) is 16.3. The van der Waals surface area contributed by atoms with Gasteiger partial charge in [-0.1, -0.05) is 32.8 Å². The molecule has 2 rings (SSSR count). The van der Waals surface area contributed by atoms with Crippen LogP contribution in [-0.2, 0) is 0 Å². The molecular formula is C15H24ClN3O. The first kappa shape index (κ1) is 16.8. The fraction of sp³-hybridized carbons (Fsp3) is 0.600. The number of nitrogens with one attached hydrogen (secondary N) is 1. The van der Waals surface area contributed by atoms with Crippen molar-refractivity contribution in [2.24, 2.45) is 11.8 Å². The van der Waals surface area contributed by atoms with Crippen LogP contribution in [0.25, 0.3) is 0 Å².